The van der Waals surface area contributed by atoms with Gasteiger partial charge in [0.15, 0.2) is 0 Å². The third kappa shape index (κ3) is 2.83. The van der Waals surface area contributed by atoms with Crippen molar-refractivity contribution in [3.8, 4) is 0 Å². The molecule has 1 aliphatic rings. The van der Waals surface area contributed by atoms with Crippen molar-refractivity contribution in [3.63, 3.8) is 0 Å². The van der Waals surface area contributed by atoms with Gasteiger partial charge >= 0.3 is 5.97 Å². The molecular formula is C13H16O3. The van der Waals surface area contributed by atoms with Crippen molar-refractivity contribution in [2.45, 2.75) is 32.0 Å². The van der Waals surface area contributed by atoms with Crippen LogP contribution in [0.1, 0.15) is 31.4 Å². The number of esters is 1. The summed E-state index contributed by atoms with van der Waals surface area (Å²) in [5, 5.41) is 0. The minimum atomic E-state index is -0.230. The van der Waals surface area contributed by atoms with Gasteiger partial charge in [-0.25, -0.2) is 0 Å². The molecule has 0 spiro atoms. The predicted octanol–water partition coefficient (Wildman–Crippen LogP) is 2.47. The highest BCUT2D eigenvalue weighted by Gasteiger charge is 2.24. The second-order valence-corrected chi connectivity index (χ2v) is 4.04. The van der Waals surface area contributed by atoms with E-state index in [-0.39, 0.29) is 18.2 Å². The summed E-state index contributed by atoms with van der Waals surface area (Å²) in [4.78, 5) is 10.8. The van der Waals surface area contributed by atoms with Crippen LogP contribution in [0.25, 0.3) is 0 Å². The van der Waals surface area contributed by atoms with Crippen molar-refractivity contribution in [2.24, 2.45) is 0 Å². The molecule has 3 nitrogen and oxygen atoms in total. The second-order valence-electron chi connectivity index (χ2n) is 4.04. The van der Waals surface area contributed by atoms with E-state index in [0.29, 0.717) is 6.61 Å². The van der Waals surface area contributed by atoms with Crippen LogP contribution in [0.2, 0.25) is 0 Å². The Morgan fingerprint density at radius 1 is 1.31 bits per heavy atom. The second kappa shape index (κ2) is 5.12. The highest BCUT2D eigenvalue weighted by atomic mass is 16.6. The van der Waals surface area contributed by atoms with E-state index >= 15 is 0 Å². The predicted molar refractivity (Wildman–Crippen MR) is 59.9 cm³/mol. The average Bonchev–Trinajstić information content (AvgIpc) is 2.30. The smallest absolute Gasteiger partial charge is 0.302 e. The van der Waals surface area contributed by atoms with Crippen LogP contribution in [0.15, 0.2) is 30.3 Å². The fourth-order valence-electron chi connectivity index (χ4n) is 1.99. The summed E-state index contributed by atoms with van der Waals surface area (Å²) in [7, 11) is 0. The van der Waals surface area contributed by atoms with Gasteiger partial charge in [0.2, 0.25) is 0 Å². The Morgan fingerprint density at radius 3 is 2.62 bits per heavy atom. The topological polar surface area (TPSA) is 35.5 Å². The zero-order valence-electron chi connectivity index (χ0n) is 9.39. The Labute approximate surface area is 95.4 Å². The first-order valence-corrected chi connectivity index (χ1v) is 5.59. The number of benzene rings is 1. The van der Waals surface area contributed by atoms with Gasteiger partial charge < -0.3 is 9.47 Å². The molecule has 0 amide bonds. The molecule has 0 bridgehead atoms. The molecule has 2 atom stereocenters. The molecule has 0 radical (unpaired) electrons. The van der Waals surface area contributed by atoms with Gasteiger partial charge in [-0.05, 0) is 18.4 Å². The first kappa shape index (κ1) is 11.1. The zero-order chi connectivity index (χ0) is 11.4. The molecule has 0 aromatic heterocycles. The summed E-state index contributed by atoms with van der Waals surface area (Å²) in [6.45, 7) is 1.93. The Kier molecular flexibility index (Phi) is 3.57. The lowest BCUT2D eigenvalue weighted by molar-refractivity contribution is -0.156. The highest BCUT2D eigenvalue weighted by molar-refractivity contribution is 5.66. The maximum absolute atomic E-state index is 10.8. The van der Waals surface area contributed by atoms with E-state index < -0.39 is 0 Å². The van der Waals surface area contributed by atoms with Crippen LogP contribution >= 0.6 is 0 Å². The summed E-state index contributed by atoms with van der Waals surface area (Å²) >= 11 is 0. The van der Waals surface area contributed by atoms with E-state index in [1.807, 2.05) is 18.2 Å². The Hall–Kier alpha value is -1.35. The summed E-state index contributed by atoms with van der Waals surface area (Å²) in [6, 6.07) is 10.1. The van der Waals surface area contributed by atoms with Gasteiger partial charge in [0.25, 0.3) is 0 Å². The molecule has 1 saturated heterocycles. The fourth-order valence-corrected chi connectivity index (χ4v) is 1.99. The van der Waals surface area contributed by atoms with Gasteiger partial charge in [-0.15, -0.1) is 0 Å². The maximum atomic E-state index is 10.8. The van der Waals surface area contributed by atoms with Gasteiger partial charge in [-0.1, -0.05) is 30.3 Å². The van der Waals surface area contributed by atoms with Gasteiger partial charge in [0, 0.05) is 6.92 Å². The molecule has 0 saturated carbocycles. The minimum absolute atomic E-state index is 0.0718. The normalized spacial score (nSPS) is 25.1. The van der Waals surface area contributed by atoms with Crippen molar-refractivity contribution < 1.29 is 14.3 Å². The van der Waals surface area contributed by atoms with Gasteiger partial charge in [0.05, 0.1) is 12.7 Å². The molecule has 2 rings (SSSR count). The molecule has 1 aliphatic heterocycles. The molecule has 86 valence electrons. The third-order valence-electron chi connectivity index (χ3n) is 2.74. The number of carbonyl (C=O) groups is 1. The standard InChI is InChI=1S/C13H16O3/c1-10(14)16-12-7-8-13(15-9-12)11-5-3-2-4-6-11/h2-6,12-13H,7-9H2,1H3. The molecule has 0 N–H and O–H groups in total. The van der Waals surface area contributed by atoms with Crippen LogP contribution in [0, 0.1) is 0 Å². The lowest BCUT2D eigenvalue weighted by atomic mass is 10.0. The first-order chi connectivity index (χ1) is 7.75. The minimum Gasteiger partial charge on any atom is -0.460 e. The lowest BCUT2D eigenvalue weighted by Crippen LogP contribution is -2.28. The molecule has 16 heavy (non-hydrogen) atoms. The van der Waals surface area contributed by atoms with E-state index in [4.69, 9.17) is 9.47 Å². The number of ether oxygens (including phenoxy) is 2. The number of carbonyl (C=O) groups excluding carboxylic acids is 1. The van der Waals surface area contributed by atoms with Crippen molar-refractivity contribution in [2.75, 3.05) is 6.61 Å². The largest absolute Gasteiger partial charge is 0.460 e. The van der Waals surface area contributed by atoms with Crippen LogP contribution in [0.3, 0.4) is 0 Å². The summed E-state index contributed by atoms with van der Waals surface area (Å²) in [5.41, 5.74) is 1.20. The van der Waals surface area contributed by atoms with Crippen LogP contribution in [0.5, 0.6) is 0 Å². The summed E-state index contributed by atoms with van der Waals surface area (Å²) < 4.78 is 10.8. The van der Waals surface area contributed by atoms with Crippen molar-refractivity contribution in [1.82, 2.24) is 0 Å². The molecular weight excluding hydrogens is 204 g/mol. The van der Waals surface area contributed by atoms with Gasteiger partial charge in [-0.2, -0.15) is 0 Å². The lowest BCUT2D eigenvalue weighted by Gasteiger charge is -2.28. The Morgan fingerprint density at radius 2 is 2.06 bits per heavy atom. The van der Waals surface area contributed by atoms with Crippen molar-refractivity contribution in [3.05, 3.63) is 35.9 Å². The molecule has 1 aromatic rings. The van der Waals surface area contributed by atoms with E-state index in [1.165, 1.54) is 12.5 Å². The summed E-state index contributed by atoms with van der Waals surface area (Å²) in [6.07, 6.45) is 1.85. The van der Waals surface area contributed by atoms with Gasteiger partial charge in [0.1, 0.15) is 6.10 Å². The molecule has 2 unspecified atom stereocenters. The molecule has 3 heteroatoms. The maximum Gasteiger partial charge on any atom is 0.302 e. The molecule has 0 aliphatic carbocycles. The van der Waals surface area contributed by atoms with Gasteiger partial charge in [-0.3, -0.25) is 4.79 Å². The van der Waals surface area contributed by atoms with Crippen LogP contribution in [0.4, 0.5) is 0 Å². The van der Waals surface area contributed by atoms with Crippen LogP contribution < -0.4 is 0 Å². The molecule has 1 heterocycles. The van der Waals surface area contributed by atoms with Crippen molar-refractivity contribution in [1.29, 1.82) is 0 Å². The van der Waals surface area contributed by atoms with E-state index in [9.17, 15) is 4.79 Å². The van der Waals surface area contributed by atoms with E-state index in [0.717, 1.165) is 12.8 Å². The van der Waals surface area contributed by atoms with Crippen LogP contribution in [-0.2, 0) is 14.3 Å². The first-order valence-electron chi connectivity index (χ1n) is 5.59. The zero-order valence-corrected chi connectivity index (χ0v) is 9.39. The average molecular weight is 220 g/mol. The Bertz CT molecular complexity index is 339. The van der Waals surface area contributed by atoms with E-state index in [1.54, 1.807) is 0 Å². The fraction of sp³-hybridized carbons (Fsp3) is 0.462. The molecule has 1 fully saturated rings. The SMILES string of the molecule is CC(=O)OC1CCC(c2ccccc2)OC1. The van der Waals surface area contributed by atoms with Crippen LogP contribution in [-0.4, -0.2) is 18.7 Å². The number of hydrogen-bond acceptors (Lipinski definition) is 3. The quantitative estimate of drug-likeness (QED) is 0.718. The molecule has 1 aromatic carbocycles. The van der Waals surface area contributed by atoms with E-state index in [2.05, 4.69) is 12.1 Å². The summed E-state index contributed by atoms with van der Waals surface area (Å²) in [5.74, 6) is -0.230. The number of rotatable bonds is 2. The third-order valence-corrected chi connectivity index (χ3v) is 2.74. The van der Waals surface area contributed by atoms with Crippen molar-refractivity contribution >= 4 is 5.97 Å². The number of hydrogen-bond donors (Lipinski definition) is 0. The Balaban J connectivity index is 1.88. The monoisotopic (exact) mass is 220 g/mol. The highest BCUT2D eigenvalue weighted by Crippen LogP contribution is 2.28.